The van der Waals surface area contributed by atoms with Gasteiger partial charge in [0.1, 0.15) is 0 Å². The minimum atomic E-state index is -0.483. The first-order valence-electron chi connectivity index (χ1n) is 7.10. The molecule has 0 aliphatic carbocycles. The Labute approximate surface area is 134 Å². The van der Waals surface area contributed by atoms with E-state index in [1.807, 2.05) is 0 Å². The van der Waals surface area contributed by atoms with Crippen molar-refractivity contribution in [2.24, 2.45) is 0 Å². The molecule has 6 nitrogen and oxygen atoms in total. The first-order valence-corrected chi connectivity index (χ1v) is 7.48. The molecule has 0 bridgehead atoms. The lowest BCUT2D eigenvalue weighted by Gasteiger charge is -2.12. The van der Waals surface area contributed by atoms with Crippen LogP contribution in [0.1, 0.15) is 23.2 Å². The summed E-state index contributed by atoms with van der Waals surface area (Å²) >= 11 is 6.02. The van der Waals surface area contributed by atoms with Crippen molar-refractivity contribution < 1.29 is 19.1 Å². The van der Waals surface area contributed by atoms with E-state index in [-0.39, 0.29) is 18.6 Å². The summed E-state index contributed by atoms with van der Waals surface area (Å²) in [5, 5.41) is 6.08. The summed E-state index contributed by atoms with van der Waals surface area (Å²) < 4.78 is 10.1. The summed E-state index contributed by atoms with van der Waals surface area (Å²) in [6, 6.07) is 4.58. The maximum Gasteiger partial charge on any atom is 0.337 e. The zero-order chi connectivity index (χ0) is 15.9. The van der Waals surface area contributed by atoms with Gasteiger partial charge in [-0.1, -0.05) is 11.6 Å². The number of halogens is 1. The topological polar surface area (TPSA) is 76.7 Å². The largest absolute Gasteiger partial charge is 0.465 e. The Hall–Kier alpha value is -1.63. The summed E-state index contributed by atoms with van der Waals surface area (Å²) in [6.45, 7) is 1.58. The van der Waals surface area contributed by atoms with Gasteiger partial charge < -0.3 is 20.1 Å². The third-order valence-electron chi connectivity index (χ3n) is 3.34. The molecular formula is C15H19ClN2O4. The number of benzene rings is 1. The lowest BCUT2D eigenvalue weighted by molar-refractivity contribution is -0.115. The van der Waals surface area contributed by atoms with Crippen LogP contribution in [0.3, 0.4) is 0 Å². The van der Waals surface area contributed by atoms with Gasteiger partial charge in [0, 0.05) is 13.2 Å². The second kappa shape index (κ2) is 8.12. The van der Waals surface area contributed by atoms with Gasteiger partial charge in [0.15, 0.2) is 0 Å². The van der Waals surface area contributed by atoms with E-state index in [1.165, 1.54) is 13.2 Å². The highest BCUT2D eigenvalue weighted by molar-refractivity contribution is 6.33. The Balaban J connectivity index is 1.86. The maximum absolute atomic E-state index is 11.9. The molecule has 1 fully saturated rings. The molecule has 1 atom stereocenters. The quantitative estimate of drug-likeness (QED) is 0.780. The van der Waals surface area contributed by atoms with Crippen LogP contribution in [0.2, 0.25) is 5.02 Å². The van der Waals surface area contributed by atoms with Gasteiger partial charge in [0.25, 0.3) is 0 Å². The number of esters is 1. The van der Waals surface area contributed by atoms with Crippen molar-refractivity contribution >= 4 is 29.2 Å². The van der Waals surface area contributed by atoms with Crippen LogP contribution in [0.5, 0.6) is 0 Å². The number of carbonyl (C=O) groups excluding carboxylic acids is 2. The molecule has 1 aromatic rings. The van der Waals surface area contributed by atoms with Crippen LogP contribution in [-0.4, -0.2) is 44.8 Å². The summed E-state index contributed by atoms with van der Waals surface area (Å²) in [6.07, 6.45) is 2.26. The number of carbonyl (C=O) groups is 2. The Morgan fingerprint density at radius 2 is 2.27 bits per heavy atom. The molecule has 1 heterocycles. The number of anilines is 1. The molecule has 1 saturated heterocycles. The lowest BCUT2D eigenvalue weighted by atomic mass is 10.2. The minimum Gasteiger partial charge on any atom is -0.465 e. The van der Waals surface area contributed by atoms with Crippen molar-refractivity contribution in [1.82, 2.24) is 5.32 Å². The Morgan fingerprint density at radius 1 is 1.45 bits per heavy atom. The number of ether oxygens (including phenoxy) is 2. The van der Waals surface area contributed by atoms with Gasteiger partial charge in [-0.25, -0.2) is 4.79 Å². The van der Waals surface area contributed by atoms with E-state index in [9.17, 15) is 9.59 Å². The predicted octanol–water partition coefficient (Wildman–Crippen LogP) is 1.83. The van der Waals surface area contributed by atoms with E-state index >= 15 is 0 Å². The number of rotatable bonds is 6. The van der Waals surface area contributed by atoms with Crippen LogP contribution in [0.25, 0.3) is 0 Å². The predicted molar refractivity (Wildman–Crippen MR) is 83.3 cm³/mol. The van der Waals surface area contributed by atoms with Gasteiger partial charge in [0.2, 0.25) is 5.91 Å². The van der Waals surface area contributed by atoms with Crippen LogP contribution in [0, 0.1) is 0 Å². The van der Waals surface area contributed by atoms with E-state index in [2.05, 4.69) is 15.4 Å². The summed E-state index contributed by atoms with van der Waals surface area (Å²) in [7, 11) is 1.30. The van der Waals surface area contributed by atoms with Crippen molar-refractivity contribution in [3.63, 3.8) is 0 Å². The fourth-order valence-electron chi connectivity index (χ4n) is 2.21. The smallest absolute Gasteiger partial charge is 0.337 e. The molecule has 1 aromatic carbocycles. The molecule has 2 rings (SSSR count). The second-order valence-corrected chi connectivity index (χ2v) is 5.41. The SMILES string of the molecule is COC(=O)c1ccc(Cl)c(NC(=O)CNCC2CCCO2)c1. The Bertz CT molecular complexity index is 544. The average Bonchev–Trinajstić information content (AvgIpc) is 3.02. The van der Waals surface area contributed by atoms with E-state index in [1.54, 1.807) is 12.1 Å². The van der Waals surface area contributed by atoms with Crippen LogP contribution in [-0.2, 0) is 14.3 Å². The molecule has 2 N–H and O–H groups in total. The van der Waals surface area contributed by atoms with Gasteiger partial charge in [0.05, 0.1) is 36.0 Å². The maximum atomic E-state index is 11.9. The van der Waals surface area contributed by atoms with Gasteiger partial charge in [-0.2, -0.15) is 0 Å². The average molecular weight is 327 g/mol. The first-order chi connectivity index (χ1) is 10.6. The molecule has 7 heteroatoms. The molecular weight excluding hydrogens is 308 g/mol. The summed E-state index contributed by atoms with van der Waals surface area (Å²) in [4.78, 5) is 23.4. The molecule has 0 radical (unpaired) electrons. The van der Waals surface area contributed by atoms with E-state index in [0.717, 1.165) is 19.4 Å². The van der Waals surface area contributed by atoms with Crippen LogP contribution < -0.4 is 10.6 Å². The highest BCUT2D eigenvalue weighted by Crippen LogP contribution is 2.23. The normalized spacial score (nSPS) is 17.3. The fourth-order valence-corrected chi connectivity index (χ4v) is 2.38. The lowest BCUT2D eigenvalue weighted by Crippen LogP contribution is -2.33. The summed E-state index contributed by atoms with van der Waals surface area (Å²) in [5.74, 6) is -0.717. The Morgan fingerprint density at radius 3 is 2.95 bits per heavy atom. The van der Waals surface area contributed by atoms with Crippen molar-refractivity contribution in [2.75, 3.05) is 32.1 Å². The Kier molecular flexibility index (Phi) is 6.18. The molecule has 1 aliphatic heterocycles. The van der Waals surface area contributed by atoms with Gasteiger partial charge >= 0.3 is 5.97 Å². The van der Waals surface area contributed by atoms with Crippen molar-refractivity contribution in [3.8, 4) is 0 Å². The molecule has 22 heavy (non-hydrogen) atoms. The van der Waals surface area contributed by atoms with Crippen molar-refractivity contribution in [3.05, 3.63) is 28.8 Å². The third kappa shape index (κ3) is 4.69. The molecule has 0 aromatic heterocycles. The number of methoxy groups -OCH3 is 1. The van der Waals surface area contributed by atoms with E-state index < -0.39 is 5.97 Å². The minimum absolute atomic E-state index is 0.151. The monoisotopic (exact) mass is 326 g/mol. The van der Waals surface area contributed by atoms with E-state index in [4.69, 9.17) is 16.3 Å². The molecule has 0 spiro atoms. The second-order valence-electron chi connectivity index (χ2n) is 5.00. The molecule has 1 unspecified atom stereocenters. The number of amides is 1. The van der Waals surface area contributed by atoms with Gasteiger partial charge in [-0.15, -0.1) is 0 Å². The van der Waals surface area contributed by atoms with Crippen LogP contribution in [0.4, 0.5) is 5.69 Å². The van der Waals surface area contributed by atoms with Crippen LogP contribution >= 0.6 is 11.6 Å². The molecule has 1 aliphatic rings. The van der Waals surface area contributed by atoms with Crippen LogP contribution in [0.15, 0.2) is 18.2 Å². The third-order valence-corrected chi connectivity index (χ3v) is 3.67. The molecule has 120 valence electrons. The van der Waals surface area contributed by atoms with Gasteiger partial charge in [-0.3, -0.25) is 4.79 Å². The van der Waals surface area contributed by atoms with Crippen molar-refractivity contribution in [2.45, 2.75) is 18.9 Å². The first kappa shape index (κ1) is 16.7. The molecule has 1 amide bonds. The zero-order valence-electron chi connectivity index (χ0n) is 12.4. The molecule has 0 saturated carbocycles. The summed E-state index contributed by atoms with van der Waals surface area (Å²) in [5.41, 5.74) is 0.711. The van der Waals surface area contributed by atoms with Crippen molar-refractivity contribution in [1.29, 1.82) is 0 Å². The highest BCUT2D eigenvalue weighted by atomic mass is 35.5. The number of hydrogen-bond donors (Lipinski definition) is 2. The fraction of sp³-hybridized carbons (Fsp3) is 0.467. The van der Waals surface area contributed by atoms with E-state index in [0.29, 0.717) is 22.8 Å². The van der Waals surface area contributed by atoms with Gasteiger partial charge in [-0.05, 0) is 31.0 Å². The standard InChI is InChI=1S/C15H19ClN2O4/c1-21-15(20)10-4-5-12(16)13(7-10)18-14(19)9-17-8-11-3-2-6-22-11/h4-5,7,11,17H,2-3,6,8-9H2,1H3,(H,18,19). The highest BCUT2D eigenvalue weighted by Gasteiger charge is 2.15. The number of hydrogen-bond acceptors (Lipinski definition) is 5. The number of nitrogens with one attached hydrogen (secondary N) is 2. The zero-order valence-corrected chi connectivity index (χ0v) is 13.1.